The maximum absolute atomic E-state index is 11.1. The molecule has 2 aliphatic heterocycles. The molecule has 0 amide bonds. The number of rotatable bonds is 5. The minimum atomic E-state index is -0.757. The molecule has 0 bridgehead atoms. The summed E-state index contributed by atoms with van der Waals surface area (Å²) in [4.78, 5) is 11.1. The van der Waals surface area contributed by atoms with Crippen molar-refractivity contribution < 1.29 is 18.7 Å². The van der Waals surface area contributed by atoms with E-state index in [0.29, 0.717) is 23.8 Å². The van der Waals surface area contributed by atoms with E-state index in [-0.39, 0.29) is 5.97 Å². The molecule has 0 spiro atoms. The first-order valence-corrected chi connectivity index (χ1v) is 7.01. The molecule has 2 heterocycles. The van der Waals surface area contributed by atoms with Gasteiger partial charge in [0.25, 0.3) is 5.97 Å². The van der Waals surface area contributed by atoms with Gasteiger partial charge in [0, 0.05) is 18.3 Å². The maximum Gasteiger partial charge on any atom is 0.291 e. The molecule has 4 nitrogen and oxygen atoms in total. The van der Waals surface area contributed by atoms with Gasteiger partial charge in [0.2, 0.25) is 9.76 Å². The highest BCUT2D eigenvalue weighted by Crippen LogP contribution is 2.36. The summed E-state index contributed by atoms with van der Waals surface area (Å²) in [5, 5.41) is 0. The van der Waals surface area contributed by atoms with Gasteiger partial charge in [-0.15, -0.1) is 0 Å². The molecule has 0 aromatic rings. The molecule has 0 saturated carbocycles. The Bertz CT molecular complexity index is 211. The lowest BCUT2D eigenvalue weighted by Crippen LogP contribution is -2.44. The molecule has 0 aromatic carbocycles. The summed E-state index contributed by atoms with van der Waals surface area (Å²) in [6.07, 6.45) is 0.488. The fourth-order valence-electron chi connectivity index (χ4n) is 1.95. The van der Waals surface area contributed by atoms with E-state index in [1.54, 1.807) is 0 Å². The summed E-state index contributed by atoms with van der Waals surface area (Å²) in [5.41, 5.74) is 0.572. The number of ether oxygens (including phenoxy) is 2. The van der Waals surface area contributed by atoms with Gasteiger partial charge in [-0.2, -0.15) is 0 Å². The van der Waals surface area contributed by atoms with Crippen molar-refractivity contribution in [2.24, 2.45) is 11.8 Å². The molecule has 15 heavy (non-hydrogen) atoms. The van der Waals surface area contributed by atoms with Gasteiger partial charge in [0.05, 0.1) is 26.4 Å². The van der Waals surface area contributed by atoms with Crippen LogP contribution in [0.2, 0.25) is 5.54 Å². The van der Waals surface area contributed by atoms with Crippen LogP contribution in [0.25, 0.3) is 0 Å². The smallest absolute Gasteiger partial charge is 0.291 e. The number of carbonyl (C=O) groups is 1. The third kappa shape index (κ3) is 2.59. The van der Waals surface area contributed by atoms with Crippen molar-refractivity contribution in [2.45, 2.75) is 18.9 Å². The monoisotopic (exact) mass is 230 g/mol. The lowest BCUT2D eigenvalue weighted by Gasteiger charge is -2.41. The van der Waals surface area contributed by atoms with Crippen molar-refractivity contribution in [3.05, 3.63) is 0 Å². The molecule has 0 aromatic heterocycles. The van der Waals surface area contributed by atoms with Crippen LogP contribution < -0.4 is 0 Å². The van der Waals surface area contributed by atoms with Gasteiger partial charge in [-0.3, -0.25) is 4.79 Å². The summed E-state index contributed by atoms with van der Waals surface area (Å²) >= 11 is 0. The average Bonchev–Trinajstić information content (AvgIpc) is 2.07. The van der Waals surface area contributed by atoms with Crippen molar-refractivity contribution in [3.8, 4) is 0 Å². The molecule has 0 N–H and O–H groups in total. The van der Waals surface area contributed by atoms with Gasteiger partial charge in [-0.05, 0) is 5.54 Å². The van der Waals surface area contributed by atoms with Crippen LogP contribution in [0.1, 0.15) is 13.3 Å². The van der Waals surface area contributed by atoms with Crippen LogP contribution in [0.5, 0.6) is 0 Å². The standard InChI is InChI=1S/C10H18O4Si/c1-2-9(11)14-15-10(7-3-12-4-7)8-5-13-6-8/h7-8,10H,2-6,15H2,1H3. The molecule has 0 aliphatic carbocycles. The first kappa shape index (κ1) is 11.1. The molecule has 0 unspecified atom stereocenters. The van der Waals surface area contributed by atoms with Crippen LogP contribution in [0.4, 0.5) is 0 Å². The Kier molecular flexibility index (Phi) is 3.77. The first-order valence-electron chi connectivity index (χ1n) is 5.62. The third-order valence-electron chi connectivity index (χ3n) is 3.26. The molecule has 0 atom stereocenters. The second-order valence-electron chi connectivity index (χ2n) is 4.30. The van der Waals surface area contributed by atoms with Crippen LogP contribution in [-0.2, 0) is 18.7 Å². The minimum Gasteiger partial charge on any atom is -0.525 e. The van der Waals surface area contributed by atoms with Crippen molar-refractivity contribution in [1.29, 1.82) is 0 Å². The van der Waals surface area contributed by atoms with Gasteiger partial charge < -0.3 is 13.9 Å². The fraction of sp³-hybridized carbons (Fsp3) is 0.900. The van der Waals surface area contributed by atoms with Crippen LogP contribution in [-0.4, -0.2) is 42.2 Å². The zero-order chi connectivity index (χ0) is 10.7. The van der Waals surface area contributed by atoms with Gasteiger partial charge in [0.15, 0.2) is 0 Å². The molecular formula is C10H18O4Si. The summed E-state index contributed by atoms with van der Waals surface area (Å²) in [7, 11) is -0.757. The Balaban J connectivity index is 1.79. The highest BCUT2D eigenvalue weighted by Gasteiger charge is 2.38. The van der Waals surface area contributed by atoms with E-state index in [4.69, 9.17) is 13.9 Å². The molecule has 2 saturated heterocycles. The van der Waals surface area contributed by atoms with E-state index in [1.165, 1.54) is 0 Å². The SMILES string of the molecule is CCC(=O)O[SiH2]C(C1COC1)C1COC1. The predicted molar refractivity (Wildman–Crippen MR) is 57.3 cm³/mol. The molecule has 2 rings (SSSR count). The molecule has 5 heteroatoms. The van der Waals surface area contributed by atoms with E-state index in [9.17, 15) is 4.79 Å². The Hall–Kier alpha value is -0.393. The summed E-state index contributed by atoms with van der Waals surface area (Å²) in [6.45, 7) is 5.22. The largest absolute Gasteiger partial charge is 0.525 e. The molecule has 2 fully saturated rings. The fourth-order valence-corrected chi connectivity index (χ4v) is 3.62. The molecule has 2 aliphatic rings. The molecular weight excluding hydrogens is 212 g/mol. The molecule has 0 radical (unpaired) electrons. The number of hydrogen-bond donors (Lipinski definition) is 0. The zero-order valence-electron chi connectivity index (χ0n) is 9.11. The predicted octanol–water partition coefficient (Wildman–Crippen LogP) is 0.105. The van der Waals surface area contributed by atoms with Crippen molar-refractivity contribution in [1.82, 2.24) is 0 Å². The van der Waals surface area contributed by atoms with Gasteiger partial charge in [-0.1, -0.05) is 6.92 Å². The highest BCUT2D eigenvalue weighted by molar-refractivity contribution is 6.33. The first-order chi connectivity index (χ1) is 7.31. The second-order valence-corrected chi connectivity index (χ2v) is 5.86. The van der Waals surface area contributed by atoms with Crippen LogP contribution in [0.15, 0.2) is 0 Å². The summed E-state index contributed by atoms with van der Waals surface area (Å²) < 4.78 is 15.8. The van der Waals surface area contributed by atoms with Gasteiger partial charge in [0.1, 0.15) is 0 Å². The number of carbonyl (C=O) groups excluding carboxylic acids is 1. The van der Waals surface area contributed by atoms with Crippen LogP contribution >= 0.6 is 0 Å². The van der Waals surface area contributed by atoms with E-state index in [1.807, 2.05) is 6.92 Å². The lowest BCUT2D eigenvalue weighted by molar-refractivity contribution is -0.135. The molecule has 86 valence electrons. The van der Waals surface area contributed by atoms with Crippen molar-refractivity contribution >= 4 is 15.7 Å². The Morgan fingerprint density at radius 1 is 1.33 bits per heavy atom. The van der Waals surface area contributed by atoms with Gasteiger partial charge >= 0.3 is 0 Å². The maximum atomic E-state index is 11.1. The lowest BCUT2D eigenvalue weighted by atomic mass is 9.91. The Labute approximate surface area is 92.2 Å². The normalized spacial score (nSPS) is 23.1. The van der Waals surface area contributed by atoms with E-state index in [2.05, 4.69) is 0 Å². The quantitative estimate of drug-likeness (QED) is 0.629. The van der Waals surface area contributed by atoms with Crippen molar-refractivity contribution in [3.63, 3.8) is 0 Å². The van der Waals surface area contributed by atoms with E-state index < -0.39 is 9.76 Å². The third-order valence-corrected chi connectivity index (χ3v) is 5.47. The minimum absolute atomic E-state index is 0.0489. The van der Waals surface area contributed by atoms with E-state index >= 15 is 0 Å². The van der Waals surface area contributed by atoms with Crippen LogP contribution in [0.3, 0.4) is 0 Å². The van der Waals surface area contributed by atoms with E-state index in [0.717, 1.165) is 26.4 Å². The van der Waals surface area contributed by atoms with Crippen molar-refractivity contribution in [2.75, 3.05) is 26.4 Å². The average molecular weight is 230 g/mol. The highest BCUT2D eigenvalue weighted by atomic mass is 28.2. The number of hydrogen-bond acceptors (Lipinski definition) is 4. The van der Waals surface area contributed by atoms with Crippen LogP contribution in [0, 0.1) is 11.8 Å². The Morgan fingerprint density at radius 3 is 2.20 bits per heavy atom. The summed E-state index contributed by atoms with van der Waals surface area (Å²) in [6, 6.07) is 0. The Morgan fingerprint density at radius 2 is 1.87 bits per heavy atom. The summed E-state index contributed by atoms with van der Waals surface area (Å²) in [5.74, 6) is 1.19. The topological polar surface area (TPSA) is 44.8 Å². The second kappa shape index (κ2) is 5.09. The zero-order valence-corrected chi connectivity index (χ0v) is 10.5. The van der Waals surface area contributed by atoms with Gasteiger partial charge in [-0.25, -0.2) is 0 Å².